The Kier molecular flexibility index (Phi) is 5.55. The van der Waals surface area contributed by atoms with Gasteiger partial charge in [-0.15, -0.1) is 0 Å². The fourth-order valence-electron chi connectivity index (χ4n) is 3.25. The summed E-state index contributed by atoms with van der Waals surface area (Å²) in [6.45, 7) is 7.07. The molecule has 1 fully saturated rings. The number of carbonyl (C=O) groups excluding carboxylic acids is 2. The minimum absolute atomic E-state index is 0.109. The maximum Gasteiger partial charge on any atom is 0.338 e. The highest BCUT2D eigenvalue weighted by Crippen LogP contribution is 2.44. The number of benzene rings is 1. The summed E-state index contributed by atoms with van der Waals surface area (Å²) in [6.07, 6.45) is 0.266. The number of non-ortho nitro benzene ring substituents is 1. The van der Waals surface area contributed by atoms with Crippen LogP contribution in [0.4, 0.5) is 5.69 Å². The van der Waals surface area contributed by atoms with Gasteiger partial charge < -0.3 is 4.74 Å². The molecule has 1 saturated heterocycles. The van der Waals surface area contributed by atoms with Crippen LogP contribution < -0.4 is 0 Å². The Morgan fingerprint density at radius 1 is 1.43 bits per heavy atom. The maximum atomic E-state index is 13.0. The van der Waals surface area contributed by atoms with Gasteiger partial charge in [0, 0.05) is 12.1 Å². The van der Waals surface area contributed by atoms with Gasteiger partial charge in [-0.3, -0.25) is 19.8 Å². The van der Waals surface area contributed by atoms with Crippen LogP contribution in [0.3, 0.4) is 0 Å². The van der Waals surface area contributed by atoms with E-state index >= 15 is 0 Å². The van der Waals surface area contributed by atoms with Gasteiger partial charge >= 0.3 is 5.97 Å². The lowest BCUT2D eigenvalue weighted by Crippen LogP contribution is -2.41. The van der Waals surface area contributed by atoms with Crippen LogP contribution in [0, 0.1) is 10.1 Å². The summed E-state index contributed by atoms with van der Waals surface area (Å²) in [6, 6.07) is 5.17. The first-order valence-electron chi connectivity index (χ1n) is 8.99. The Morgan fingerprint density at radius 2 is 2.14 bits per heavy atom. The van der Waals surface area contributed by atoms with Crippen molar-refractivity contribution in [2.75, 3.05) is 0 Å². The number of amidine groups is 1. The van der Waals surface area contributed by atoms with Gasteiger partial charge in [-0.05, 0) is 32.8 Å². The van der Waals surface area contributed by atoms with Crippen molar-refractivity contribution >= 4 is 34.5 Å². The number of nitrogens with zero attached hydrogens (tertiary/aromatic N) is 3. The number of hydrogen-bond acceptors (Lipinski definition) is 7. The van der Waals surface area contributed by atoms with Crippen LogP contribution in [0.5, 0.6) is 0 Å². The van der Waals surface area contributed by atoms with Crippen LogP contribution in [-0.2, 0) is 14.3 Å². The summed E-state index contributed by atoms with van der Waals surface area (Å²) in [5.41, 5.74) is 1.04. The molecule has 28 heavy (non-hydrogen) atoms. The molecule has 3 rings (SSSR count). The summed E-state index contributed by atoms with van der Waals surface area (Å²) < 4.78 is 5.38. The lowest BCUT2D eigenvalue weighted by Gasteiger charge is -2.33. The third kappa shape index (κ3) is 3.54. The van der Waals surface area contributed by atoms with Crippen LogP contribution in [0.2, 0.25) is 0 Å². The number of thioether (sulfide) groups is 1. The van der Waals surface area contributed by atoms with Crippen molar-refractivity contribution in [3.05, 3.63) is 51.2 Å². The molecule has 2 atom stereocenters. The van der Waals surface area contributed by atoms with E-state index in [0.717, 1.165) is 0 Å². The van der Waals surface area contributed by atoms with Crippen molar-refractivity contribution in [2.45, 2.75) is 51.5 Å². The van der Waals surface area contributed by atoms with Crippen molar-refractivity contribution in [2.24, 2.45) is 4.99 Å². The van der Waals surface area contributed by atoms with E-state index in [1.807, 2.05) is 6.92 Å². The Bertz CT molecular complexity index is 909. The number of nitro groups is 1. The van der Waals surface area contributed by atoms with Crippen LogP contribution in [0.15, 0.2) is 40.5 Å². The van der Waals surface area contributed by atoms with Gasteiger partial charge in [0.1, 0.15) is 0 Å². The van der Waals surface area contributed by atoms with Crippen LogP contribution in [0.1, 0.15) is 45.7 Å². The predicted octanol–water partition coefficient (Wildman–Crippen LogP) is 3.59. The standard InChI is InChI=1S/C19H21N3O5S/c1-5-14-17(23)21-16(12-7-6-8-13(9-12)22(25)26)15(18(24)27-10(2)3)11(4)20-19(21)28-14/h6-10,14,16H,5H2,1-4H3/t14-,16-/m1/s1. The molecular formula is C19H21N3O5S. The van der Waals surface area contributed by atoms with E-state index in [2.05, 4.69) is 4.99 Å². The molecule has 0 radical (unpaired) electrons. The molecule has 0 saturated carbocycles. The number of ether oxygens (including phenoxy) is 1. The monoisotopic (exact) mass is 403 g/mol. The third-order valence-corrected chi connectivity index (χ3v) is 5.80. The first-order chi connectivity index (χ1) is 13.2. The highest BCUT2D eigenvalue weighted by molar-refractivity contribution is 8.15. The zero-order valence-corrected chi connectivity index (χ0v) is 16.9. The minimum Gasteiger partial charge on any atom is -0.459 e. The lowest BCUT2D eigenvalue weighted by molar-refractivity contribution is -0.384. The summed E-state index contributed by atoms with van der Waals surface area (Å²) >= 11 is 1.35. The van der Waals surface area contributed by atoms with Crippen LogP contribution >= 0.6 is 11.8 Å². The highest BCUT2D eigenvalue weighted by Gasteiger charge is 2.47. The molecule has 1 amide bonds. The summed E-state index contributed by atoms with van der Waals surface area (Å²) in [4.78, 5) is 42.5. The maximum absolute atomic E-state index is 13.0. The molecule has 1 aromatic rings. The second-order valence-electron chi connectivity index (χ2n) is 6.83. The molecule has 148 valence electrons. The second kappa shape index (κ2) is 7.75. The van der Waals surface area contributed by atoms with E-state index < -0.39 is 16.9 Å². The van der Waals surface area contributed by atoms with Gasteiger partial charge in [-0.25, -0.2) is 9.79 Å². The lowest BCUT2D eigenvalue weighted by atomic mass is 9.94. The number of rotatable bonds is 5. The smallest absolute Gasteiger partial charge is 0.338 e. The topological polar surface area (TPSA) is 102 Å². The summed E-state index contributed by atoms with van der Waals surface area (Å²) in [5, 5.41) is 11.5. The van der Waals surface area contributed by atoms with Crippen molar-refractivity contribution in [3.8, 4) is 0 Å². The van der Waals surface area contributed by atoms with Crippen LogP contribution in [-0.4, -0.2) is 38.2 Å². The Hall–Kier alpha value is -2.68. The van der Waals surface area contributed by atoms with Crippen molar-refractivity contribution in [1.29, 1.82) is 0 Å². The molecule has 2 heterocycles. The average molecular weight is 403 g/mol. The van der Waals surface area contributed by atoms with E-state index in [0.29, 0.717) is 22.8 Å². The zero-order valence-electron chi connectivity index (χ0n) is 16.0. The van der Waals surface area contributed by atoms with E-state index in [-0.39, 0.29) is 28.5 Å². The highest BCUT2D eigenvalue weighted by atomic mass is 32.2. The van der Waals surface area contributed by atoms with Gasteiger partial charge in [0.05, 0.1) is 33.6 Å². The second-order valence-corrected chi connectivity index (χ2v) is 8.00. The molecule has 0 bridgehead atoms. The van der Waals surface area contributed by atoms with Gasteiger partial charge in [0.25, 0.3) is 5.69 Å². The predicted molar refractivity (Wildman–Crippen MR) is 106 cm³/mol. The quantitative estimate of drug-likeness (QED) is 0.423. The molecule has 1 aromatic carbocycles. The number of carbonyl (C=O) groups is 2. The van der Waals surface area contributed by atoms with Gasteiger partial charge in [-0.2, -0.15) is 0 Å². The number of amides is 1. The molecule has 0 unspecified atom stereocenters. The summed E-state index contributed by atoms with van der Waals surface area (Å²) in [5.74, 6) is -0.741. The Labute approximate surface area is 166 Å². The fraction of sp³-hybridized carbons (Fsp3) is 0.421. The SMILES string of the molecule is CC[C@H]1SC2=NC(C)=C(C(=O)OC(C)C)[C@@H](c3cccc([N+](=O)[O-])c3)N2C1=O. The fourth-order valence-corrected chi connectivity index (χ4v) is 4.39. The number of fused-ring (bicyclic) bond motifs is 1. The molecule has 0 aliphatic carbocycles. The van der Waals surface area contributed by atoms with E-state index in [1.165, 1.54) is 28.8 Å². The third-order valence-electron chi connectivity index (χ3n) is 4.48. The number of hydrogen-bond donors (Lipinski definition) is 0. The Balaban J connectivity index is 2.16. The average Bonchev–Trinajstić information content (AvgIpc) is 2.95. The van der Waals surface area contributed by atoms with E-state index in [1.54, 1.807) is 32.9 Å². The number of esters is 1. The molecular weight excluding hydrogens is 382 g/mol. The molecule has 0 aromatic heterocycles. The first kappa shape index (κ1) is 20.1. The number of aliphatic imine (C=N–C) groups is 1. The molecule has 2 aliphatic heterocycles. The molecule has 0 N–H and O–H groups in total. The zero-order chi connectivity index (χ0) is 20.6. The molecule has 0 spiro atoms. The normalized spacial score (nSPS) is 21.7. The van der Waals surface area contributed by atoms with E-state index in [4.69, 9.17) is 4.74 Å². The van der Waals surface area contributed by atoms with E-state index in [9.17, 15) is 19.7 Å². The first-order valence-corrected chi connectivity index (χ1v) is 9.87. The van der Waals surface area contributed by atoms with Crippen molar-refractivity contribution in [3.63, 3.8) is 0 Å². The molecule has 8 nitrogen and oxygen atoms in total. The van der Waals surface area contributed by atoms with Gasteiger partial charge in [-0.1, -0.05) is 30.8 Å². The minimum atomic E-state index is -0.810. The largest absolute Gasteiger partial charge is 0.459 e. The Morgan fingerprint density at radius 3 is 2.75 bits per heavy atom. The number of nitro benzene ring substituents is 1. The number of allylic oxidation sites excluding steroid dienone is 1. The van der Waals surface area contributed by atoms with Gasteiger partial charge in [0.15, 0.2) is 5.17 Å². The molecule has 9 heteroatoms. The van der Waals surface area contributed by atoms with Crippen molar-refractivity contribution < 1.29 is 19.2 Å². The van der Waals surface area contributed by atoms with Gasteiger partial charge in [0.2, 0.25) is 5.91 Å². The van der Waals surface area contributed by atoms with Crippen LogP contribution in [0.25, 0.3) is 0 Å². The van der Waals surface area contributed by atoms with Crippen molar-refractivity contribution in [1.82, 2.24) is 4.90 Å². The molecule has 2 aliphatic rings. The summed E-state index contributed by atoms with van der Waals surface area (Å²) in [7, 11) is 0.